The molecule has 0 atom stereocenters. The highest BCUT2D eigenvalue weighted by molar-refractivity contribution is 5.95. The van der Waals surface area contributed by atoms with Crippen LogP contribution in [0.4, 0.5) is 0 Å². The molecule has 106 valence electrons. The summed E-state index contributed by atoms with van der Waals surface area (Å²) in [7, 11) is 2.03. The van der Waals surface area contributed by atoms with Gasteiger partial charge in [0.2, 0.25) is 0 Å². The third-order valence-electron chi connectivity index (χ3n) is 3.89. The van der Waals surface area contributed by atoms with Crippen LogP contribution in [0.25, 0.3) is 0 Å². The summed E-state index contributed by atoms with van der Waals surface area (Å²) in [5, 5.41) is 12.4. The van der Waals surface area contributed by atoms with Crippen molar-refractivity contribution >= 4 is 5.91 Å². The van der Waals surface area contributed by atoms with Gasteiger partial charge in [-0.2, -0.15) is 5.26 Å². The minimum absolute atomic E-state index is 0.150. The number of benzene rings is 1. The van der Waals surface area contributed by atoms with Crippen LogP contribution in [0.15, 0.2) is 18.2 Å². The second-order valence-electron chi connectivity index (χ2n) is 5.83. The highest BCUT2D eigenvalue weighted by Crippen LogP contribution is 2.21. The van der Waals surface area contributed by atoms with Gasteiger partial charge in [-0.3, -0.25) is 4.79 Å². The second-order valence-corrected chi connectivity index (χ2v) is 5.83. The van der Waals surface area contributed by atoms with E-state index in [0.29, 0.717) is 18.4 Å². The van der Waals surface area contributed by atoms with Gasteiger partial charge in [-0.15, -0.1) is 0 Å². The van der Waals surface area contributed by atoms with Gasteiger partial charge in [0.1, 0.15) is 5.54 Å². The molecule has 0 unspecified atom stereocenters. The van der Waals surface area contributed by atoms with E-state index in [1.54, 1.807) is 0 Å². The number of rotatable bonds is 2. The largest absolute Gasteiger partial charge is 0.334 e. The van der Waals surface area contributed by atoms with Gasteiger partial charge in [-0.05, 0) is 45.9 Å². The van der Waals surface area contributed by atoms with E-state index in [1.165, 1.54) is 0 Å². The number of piperidine rings is 1. The molecule has 4 heteroatoms. The van der Waals surface area contributed by atoms with Crippen LogP contribution in [0.3, 0.4) is 0 Å². The number of nitrogens with zero attached hydrogens (tertiary/aromatic N) is 2. The number of aryl methyl sites for hydroxylation is 2. The van der Waals surface area contributed by atoms with E-state index >= 15 is 0 Å². The van der Waals surface area contributed by atoms with Gasteiger partial charge in [-0.1, -0.05) is 17.2 Å². The van der Waals surface area contributed by atoms with Crippen LogP contribution >= 0.6 is 0 Å². The standard InChI is InChI=1S/C16H21N3O/c1-12-8-13(2)10-14(9-12)15(20)18-16(11-17)4-6-19(3)7-5-16/h8-10H,4-7H2,1-3H3,(H,18,20). The molecule has 1 saturated heterocycles. The van der Waals surface area contributed by atoms with Crippen LogP contribution in [0, 0.1) is 25.2 Å². The fraction of sp³-hybridized carbons (Fsp3) is 0.500. The smallest absolute Gasteiger partial charge is 0.252 e. The fourth-order valence-electron chi connectivity index (χ4n) is 2.66. The number of carbonyl (C=O) groups excluding carboxylic acids is 1. The summed E-state index contributed by atoms with van der Waals surface area (Å²) in [4.78, 5) is 14.6. The Labute approximate surface area is 120 Å². The minimum atomic E-state index is -0.721. The number of nitrogens with one attached hydrogen (secondary N) is 1. The van der Waals surface area contributed by atoms with Crippen molar-refractivity contribution in [2.75, 3.05) is 20.1 Å². The van der Waals surface area contributed by atoms with Crippen LogP contribution in [0.2, 0.25) is 0 Å². The molecule has 0 radical (unpaired) electrons. The summed E-state index contributed by atoms with van der Waals surface area (Å²) in [6, 6.07) is 8.07. The molecule has 0 saturated carbocycles. The van der Waals surface area contributed by atoms with Crippen LogP contribution < -0.4 is 5.32 Å². The highest BCUT2D eigenvalue weighted by atomic mass is 16.1. The number of hydrogen-bond donors (Lipinski definition) is 1. The third-order valence-corrected chi connectivity index (χ3v) is 3.89. The fourth-order valence-corrected chi connectivity index (χ4v) is 2.66. The topological polar surface area (TPSA) is 56.1 Å². The van der Waals surface area contributed by atoms with Crippen LogP contribution in [-0.2, 0) is 0 Å². The zero-order valence-electron chi connectivity index (χ0n) is 12.4. The first-order valence-electron chi connectivity index (χ1n) is 6.95. The number of likely N-dealkylation sites (tertiary alicyclic amines) is 1. The quantitative estimate of drug-likeness (QED) is 0.895. The Morgan fingerprint density at radius 2 is 1.80 bits per heavy atom. The van der Waals surface area contributed by atoms with Crippen LogP contribution in [0.5, 0.6) is 0 Å². The molecule has 1 N–H and O–H groups in total. The van der Waals surface area contributed by atoms with Crippen molar-refractivity contribution in [3.63, 3.8) is 0 Å². The number of carbonyl (C=O) groups is 1. The summed E-state index contributed by atoms with van der Waals surface area (Å²) < 4.78 is 0. The van der Waals surface area contributed by atoms with Crippen molar-refractivity contribution < 1.29 is 4.79 Å². The van der Waals surface area contributed by atoms with E-state index in [4.69, 9.17) is 0 Å². The van der Waals surface area contributed by atoms with Crippen molar-refractivity contribution in [1.29, 1.82) is 5.26 Å². The lowest BCUT2D eigenvalue weighted by Crippen LogP contribution is -2.53. The van der Waals surface area contributed by atoms with Gasteiger partial charge in [-0.25, -0.2) is 0 Å². The SMILES string of the molecule is Cc1cc(C)cc(C(=O)NC2(C#N)CCN(C)CC2)c1. The summed E-state index contributed by atoms with van der Waals surface area (Å²) >= 11 is 0. The van der Waals surface area contributed by atoms with E-state index in [0.717, 1.165) is 24.2 Å². The molecule has 1 amide bonds. The molecule has 1 aromatic carbocycles. The first kappa shape index (κ1) is 14.5. The van der Waals surface area contributed by atoms with Crippen molar-refractivity contribution in [3.8, 4) is 6.07 Å². The molecule has 2 rings (SSSR count). The highest BCUT2D eigenvalue weighted by Gasteiger charge is 2.35. The molecule has 1 aliphatic rings. The Bertz CT molecular complexity index is 531. The average molecular weight is 271 g/mol. The average Bonchev–Trinajstić information content (AvgIpc) is 2.40. The summed E-state index contributed by atoms with van der Waals surface area (Å²) in [5.74, 6) is -0.150. The van der Waals surface area contributed by atoms with Crippen molar-refractivity contribution in [3.05, 3.63) is 34.9 Å². The lowest BCUT2D eigenvalue weighted by atomic mass is 9.88. The van der Waals surface area contributed by atoms with E-state index < -0.39 is 5.54 Å². The van der Waals surface area contributed by atoms with Crippen LogP contribution in [-0.4, -0.2) is 36.5 Å². The van der Waals surface area contributed by atoms with Gasteiger partial charge in [0.25, 0.3) is 5.91 Å². The Balaban J connectivity index is 2.16. The molecule has 1 fully saturated rings. The van der Waals surface area contributed by atoms with E-state index in [9.17, 15) is 10.1 Å². The van der Waals surface area contributed by atoms with Crippen molar-refractivity contribution in [2.24, 2.45) is 0 Å². The Morgan fingerprint density at radius 1 is 1.25 bits per heavy atom. The van der Waals surface area contributed by atoms with Crippen molar-refractivity contribution in [2.45, 2.75) is 32.2 Å². The van der Waals surface area contributed by atoms with E-state index in [2.05, 4.69) is 16.3 Å². The predicted molar refractivity (Wildman–Crippen MR) is 78.5 cm³/mol. The first-order valence-corrected chi connectivity index (χ1v) is 6.95. The van der Waals surface area contributed by atoms with Gasteiger partial charge in [0.15, 0.2) is 0 Å². The molecule has 1 aromatic rings. The zero-order valence-corrected chi connectivity index (χ0v) is 12.4. The van der Waals surface area contributed by atoms with E-state index in [1.807, 2.05) is 39.1 Å². The molecule has 1 heterocycles. The summed E-state index contributed by atoms with van der Waals surface area (Å²) in [6.07, 6.45) is 1.35. The van der Waals surface area contributed by atoms with Crippen LogP contribution in [0.1, 0.15) is 34.3 Å². The first-order chi connectivity index (χ1) is 9.44. The molecule has 0 aromatic heterocycles. The number of nitriles is 1. The Kier molecular flexibility index (Phi) is 4.10. The summed E-state index contributed by atoms with van der Waals surface area (Å²) in [5.41, 5.74) is 2.03. The Morgan fingerprint density at radius 3 is 2.30 bits per heavy atom. The maximum absolute atomic E-state index is 12.4. The van der Waals surface area contributed by atoms with Gasteiger partial charge >= 0.3 is 0 Å². The zero-order chi connectivity index (χ0) is 14.8. The number of hydrogen-bond acceptors (Lipinski definition) is 3. The Hall–Kier alpha value is -1.86. The molecular weight excluding hydrogens is 250 g/mol. The van der Waals surface area contributed by atoms with Gasteiger partial charge < -0.3 is 10.2 Å². The molecule has 0 bridgehead atoms. The lowest BCUT2D eigenvalue weighted by Gasteiger charge is -2.36. The molecular formula is C16H21N3O. The molecule has 4 nitrogen and oxygen atoms in total. The van der Waals surface area contributed by atoms with Crippen molar-refractivity contribution in [1.82, 2.24) is 10.2 Å². The second kappa shape index (κ2) is 5.64. The predicted octanol–water partition coefficient (Wildman–Crippen LogP) is 2.02. The number of amides is 1. The molecule has 0 spiro atoms. The minimum Gasteiger partial charge on any atom is -0.334 e. The monoisotopic (exact) mass is 271 g/mol. The molecule has 1 aliphatic heterocycles. The maximum atomic E-state index is 12.4. The van der Waals surface area contributed by atoms with Gasteiger partial charge in [0, 0.05) is 18.7 Å². The summed E-state index contributed by atoms with van der Waals surface area (Å²) in [6.45, 7) is 5.61. The molecule has 20 heavy (non-hydrogen) atoms. The van der Waals surface area contributed by atoms with E-state index in [-0.39, 0.29) is 5.91 Å². The normalized spacial score (nSPS) is 18.3. The lowest BCUT2D eigenvalue weighted by molar-refractivity contribution is 0.0882. The third kappa shape index (κ3) is 3.17. The molecule has 0 aliphatic carbocycles. The van der Waals surface area contributed by atoms with Gasteiger partial charge in [0.05, 0.1) is 6.07 Å². The maximum Gasteiger partial charge on any atom is 0.252 e.